The third kappa shape index (κ3) is 3.29. The topological polar surface area (TPSA) is 62.1 Å². The van der Waals surface area contributed by atoms with Gasteiger partial charge < -0.3 is 14.2 Å². The first-order chi connectivity index (χ1) is 14.2. The first-order valence-corrected chi connectivity index (χ1v) is 9.05. The highest BCUT2D eigenvalue weighted by molar-refractivity contribution is 5.82. The molecule has 2 aromatic heterocycles. The third-order valence-corrected chi connectivity index (χ3v) is 4.74. The van der Waals surface area contributed by atoms with Crippen molar-refractivity contribution in [2.24, 2.45) is 0 Å². The number of hydrogen-bond acceptors (Lipinski definition) is 5. The summed E-state index contributed by atoms with van der Waals surface area (Å²) in [6.45, 7) is 0. The number of benzene rings is 2. The van der Waals surface area contributed by atoms with E-state index in [0.29, 0.717) is 28.5 Å². The van der Waals surface area contributed by atoms with E-state index >= 15 is 0 Å². The van der Waals surface area contributed by atoms with E-state index in [1.165, 1.54) is 11.5 Å². The molecule has 0 aliphatic heterocycles. The number of fused-ring (bicyclic) bond motifs is 1. The molecule has 0 bridgehead atoms. The Bertz CT molecular complexity index is 1220. The molecule has 0 fully saturated rings. The number of hydrogen-bond donors (Lipinski definition) is 0. The van der Waals surface area contributed by atoms with Crippen LogP contribution < -0.4 is 19.8 Å². The second kappa shape index (κ2) is 7.67. The molecular formula is C23H20N2O4. The van der Waals surface area contributed by atoms with E-state index in [1.54, 1.807) is 26.4 Å². The Kier molecular flexibility index (Phi) is 4.91. The lowest BCUT2D eigenvalue weighted by molar-refractivity contribution is 0.377. The summed E-state index contributed by atoms with van der Waals surface area (Å²) in [6, 6.07) is 20.3. The largest absolute Gasteiger partial charge is 0.497 e. The average molecular weight is 388 g/mol. The number of aromatic nitrogens is 2. The maximum atomic E-state index is 13.6. The van der Waals surface area contributed by atoms with Gasteiger partial charge >= 0.3 is 0 Å². The van der Waals surface area contributed by atoms with Gasteiger partial charge in [0, 0.05) is 17.7 Å². The molecule has 6 nitrogen and oxygen atoms in total. The molecular weight excluding hydrogens is 368 g/mol. The van der Waals surface area contributed by atoms with Gasteiger partial charge in [0.15, 0.2) is 0 Å². The second-order valence-corrected chi connectivity index (χ2v) is 6.37. The Morgan fingerprint density at radius 3 is 2.07 bits per heavy atom. The smallest absolute Gasteiger partial charge is 0.269 e. The zero-order valence-electron chi connectivity index (χ0n) is 16.4. The van der Waals surface area contributed by atoms with Crippen molar-refractivity contribution in [1.29, 1.82) is 0 Å². The lowest BCUT2D eigenvalue weighted by atomic mass is 10.00. The van der Waals surface area contributed by atoms with Crippen molar-refractivity contribution < 1.29 is 14.2 Å². The monoisotopic (exact) mass is 388 g/mol. The Balaban J connectivity index is 2.10. The normalized spacial score (nSPS) is 10.7. The summed E-state index contributed by atoms with van der Waals surface area (Å²) >= 11 is 0. The summed E-state index contributed by atoms with van der Waals surface area (Å²) < 4.78 is 17.5. The van der Waals surface area contributed by atoms with Gasteiger partial charge in [0.2, 0.25) is 5.88 Å². The molecule has 0 saturated heterocycles. The summed E-state index contributed by atoms with van der Waals surface area (Å²) in [7, 11) is 4.69. The van der Waals surface area contributed by atoms with Gasteiger partial charge in [-0.3, -0.25) is 4.79 Å². The Morgan fingerprint density at radius 2 is 1.45 bits per heavy atom. The van der Waals surface area contributed by atoms with Crippen LogP contribution in [0.15, 0.2) is 71.5 Å². The highest BCUT2D eigenvalue weighted by Gasteiger charge is 2.19. The number of ether oxygens (including phenoxy) is 3. The Hall–Kier alpha value is -3.80. The molecule has 2 heterocycles. The highest BCUT2D eigenvalue weighted by Crippen LogP contribution is 2.31. The minimum absolute atomic E-state index is 0.216. The Labute approximate surface area is 167 Å². The van der Waals surface area contributed by atoms with Crippen molar-refractivity contribution in [1.82, 2.24) is 9.38 Å². The molecule has 0 spiro atoms. The summed E-state index contributed by atoms with van der Waals surface area (Å²) in [5.41, 5.74) is 2.90. The van der Waals surface area contributed by atoms with E-state index in [0.717, 1.165) is 16.9 Å². The van der Waals surface area contributed by atoms with Crippen molar-refractivity contribution in [2.45, 2.75) is 0 Å². The van der Waals surface area contributed by atoms with Gasteiger partial charge in [-0.25, -0.2) is 9.38 Å². The zero-order chi connectivity index (χ0) is 20.4. The molecule has 0 atom stereocenters. The van der Waals surface area contributed by atoms with E-state index in [9.17, 15) is 4.79 Å². The van der Waals surface area contributed by atoms with Gasteiger partial charge in [0.1, 0.15) is 17.1 Å². The number of methoxy groups -OCH3 is 3. The van der Waals surface area contributed by atoms with E-state index in [1.807, 2.05) is 54.6 Å². The van der Waals surface area contributed by atoms with Crippen molar-refractivity contribution in [3.63, 3.8) is 0 Å². The van der Waals surface area contributed by atoms with Crippen LogP contribution in [0.5, 0.6) is 17.4 Å². The summed E-state index contributed by atoms with van der Waals surface area (Å²) in [6.07, 6.45) is 0. The lowest BCUT2D eigenvalue weighted by Gasteiger charge is -2.15. The molecule has 4 aromatic rings. The number of pyridine rings is 1. The van der Waals surface area contributed by atoms with Crippen LogP contribution in [0.25, 0.3) is 28.0 Å². The SMILES string of the molecule is COc1ccc(-c2nc3cc(OC)cc(OC)n3c(=O)c2-c2ccccc2)cc1. The maximum Gasteiger partial charge on any atom is 0.269 e. The quantitative estimate of drug-likeness (QED) is 0.516. The van der Waals surface area contributed by atoms with Gasteiger partial charge in [0.05, 0.1) is 32.6 Å². The average Bonchev–Trinajstić information content (AvgIpc) is 2.78. The van der Waals surface area contributed by atoms with E-state index in [4.69, 9.17) is 19.2 Å². The highest BCUT2D eigenvalue weighted by atomic mass is 16.5. The van der Waals surface area contributed by atoms with Gasteiger partial charge in [-0.15, -0.1) is 0 Å². The van der Waals surface area contributed by atoms with Crippen molar-refractivity contribution in [3.05, 3.63) is 77.1 Å². The van der Waals surface area contributed by atoms with Crippen LogP contribution in [0.2, 0.25) is 0 Å². The predicted molar refractivity (Wildman–Crippen MR) is 112 cm³/mol. The minimum Gasteiger partial charge on any atom is -0.497 e. The molecule has 146 valence electrons. The molecule has 29 heavy (non-hydrogen) atoms. The molecule has 0 aliphatic carbocycles. The molecule has 0 unspecified atom stereocenters. The molecule has 4 rings (SSSR count). The lowest BCUT2D eigenvalue weighted by Crippen LogP contribution is -2.20. The third-order valence-electron chi connectivity index (χ3n) is 4.74. The van der Waals surface area contributed by atoms with Crippen molar-refractivity contribution >= 4 is 5.65 Å². The van der Waals surface area contributed by atoms with Gasteiger partial charge in [-0.2, -0.15) is 0 Å². The first kappa shape index (κ1) is 18.6. The molecule has 0 saturated carbocycles. The number of nitrogens with zero attached hydrogens (tertiary/aromatic N) is 2. The van der Waals surface area contributed by atoms with E-state index < -0.39 is 0 Å². The Morgan fingerprint density at radius 1 is 0.759 bits per heavy atom. The first-order valence-electron chi connectivity index (χ1n) is 9.05. The van der Waals surface area contributed by atoms with Gasteiger partial charge in [-0.1, -0.05) is 30.3 Å². The van der Waals surface area contributed by atoms with Crippen LogP contribution in [0.1, 0.15) is 0 Å². The van der Waals surface area contributed by atoms with E-state index in [-0.39, 0.29) is 5.56 Å². The zero-order valence-corrected chi connectivity index (χ0v) is 16.4. The van der Waals surface area contributed by atoms with Crippen molar-refractivity contribution in [3.8, 4) is 39.8 Å². The molecule has 0 N–H and O–H groups in total. The summed E-state index contributed by atoms with van der Waals surface area (Å²) in [5, 5.41) is 0. The summed E-state index contributed by atoms with van der Waals surface area (Å²) in [4.78, 5) is 18.4. The fourth-order valence-corrected chi connectivity index (χ4v) is 3.29. The van der Waals surface area contributed by atoms with Crippen LogP contribution in [0.3, 0.4) is 0 Å². The molecule has 2 aromatic carbocycles. The van der Waals surface area contributed by atoms with Gasteiger partial charge in [0.25, 0.3) is 5.56 Å². The van der Waals surface area contributed by atoms with Gasteiger partial charge in [-0.05, 0) is 29.8 Å². The fraction of sp³-hybridized carbons (Fsp3) is 0.130. The molecule has 6 heteroatoms. The standard InChI is InChI=1S/C23H20N2O4/c1-27-17-11-9-16(10-12-17)22-21(15-7-5-4-6-8-15)23(26)25-19(24-22)13-18(28-2)14-20(25)29-3/h4-14H,1-3H3. The van der Waals surface area contributed by atoms with Crippen molar-refractivity contribution in [2.75, 3.05) is 21.3 Å². The summed E-state index contributed by atoms with van der Waals surface area (Å²) in [5.74, 6) is 1.65. The van der Waals surface area contributed by atoms with Crippen LogP contribution >= 0.6 is 0 Å². The fourth-order valence-electron chi connectivity index (χ4n) is 3.29. The molecule has 0 aliphatic rings. The van der Waals surface area contributed by atoms with E-state index in [2.05, 4.69) is 0 Å². The minimum atomic E-state index is -0.216. The maximum absolute atomic E-state index is 13.6. The van der Waals surface area contributed by atoms with Crippen LogP contribution in [-0.4, -0.2) is 30.7 Å². The number of rotatable bonds is 5. The van der Waals surface area contributed by atoms with Crippen LogP contribution in [0, 0.1) is 0 Å². The molecule has 0 radical (unpaired) electrons. The molecule has 0 amide bonds. The van der Waals surface area contributed by atoms with Crippen LogP contribution in [0.4, 0.5) is 0 Å². The predicted octanol–water partition coefficient (Wildman–Crippen LogP) is 4.05. The van der Waals surface area contributed by atoms with Crippen LogP contribution in [-0.2, 0) is 0 Å². The second-order valence-electron chi connectivity index (χ2n) is 6.37.